The molecule has 112 valence electrons. The van der Waals surface area contributed by atoms with Crippen LogP contribution in [-0.2, 0) is 0 Å². The Balaban J connectivity index is 2.07. The predicted octanol–water partition coefficient (Wildman–Crippen LogP) is 2.34. The normalized spacial score (nSPS) is 18.3. The average molecular weight is 268 g/mol. The molecule has 19 heavy (non-hydrogen) atoms. The van der Waals surface area contributed by atoms with E-state index in [1.807, 2.05) is 0 Å². The first-order valence-electron chi connectivity index (χ1n) is 7.86. The van der Waals surface area contributed by atoms with Crippen LogP contribution in [0.15, 0.2) is 4.99 Å². The van der Waals surface area contributed by atoms with Crippen LogP contribution in [0.3, 0.4) is 0 Å². The zero-order chi connectivity index (χ0) is 14.1. The molecule has 0 aliphatic heterocycles. The van der Waals surface area contributed by atoms with E-state index in [9.17, 15) is 0 Å². The van der Waals surface area contributed by atoms with Crippen LogP contribution in [0.5, 0.6) is 0 Å². The van der Waals surface area contributed by atoms with E-state index in [1.54, 1.807) is 0 Å². The standard InChI is InChI=1S/C15H32N4/c1-13(2)19(3)12-8-7-11-17-15(16)18-14-9-5-4-6-10-14/h13-14H,4-12H2,1-3H3,(H3,16,17,18). The molecule has 0 aromatic heterocycles. The monoisotopic (exact) mass is 268 g/mol. The third-order valence-electron chi connectivity index (χ3n) is 4.04. The molecule has 0 atom stereocenters. The number of nitrogens with two attached hydrogens (primary N) is 1. The first kappa shape index (κ1) is 16.3. The Morgan fingerprint density at radius 1 is 1.26 bits per heavy atom. The SMILES string of the molecule is CC(C)N(C)CCCCN=C(N)NC1CCCCC1. The molecule has 3 N–H and O–H groups in total. The molecule has 0 aromatic carbocycles. The van der Waals surface area contributed by atoms with E-state index in [1.165, 1.54) is 38.5 Å². The third kappa shape index (κ3) is 7.41. The van der Waals surface area contributed by atoms with Crippen molar-refractivity contribution in [3.8, 4) is 0 Å². The summed E-state index contributed by atoms with van der Waals surface area (Å²) in [5, 5.41) is 3.35. The molecule has 1 aliphatic rings. The third-order valence-corrected chi connectivity index (χ3v) is 4.04. The van der Waals surface area contributed by atoms with Gasteiger partial charge in [0.25, 0.3) is 0 Å². The number of unbranched alkanes of at least 4 members (excludes halogenated alkanes) is 1. The lowest BCUT2D eigenvalue weighted by molar-refractivity contribution is 0.269. The van der Waals surface area contributed by atoms with Crippen LogP contribution in [0.2, 0.25) is 0 Å². The van der Waals surface area contributed by atoms with Gasteiger partial charge in [0.2, 0.25) is 0 Å². The Bertz CT molecular complexity index is 257. The highest BCUT2D eigenvalue weighted by molar-refractivity contribution is 5.78. The smallest absolute Gasteiger partial charge is 0.188 e. The lowest BCUT2D eigenvalue weighted by atomic mass is 9.96. The molecular weight excluding hydrogens is 236 g/mol. The second-order valence-electron chi connectivity index (χ2n) is 6.03. The number of hydrogen-bond donors (Lipinski definition) is 2. The minimum Gasteiger partial charge on any atom is -0.370 e. The summed E-state index contributed by atoms with van der Waals surface area (Å²) in [6.07, 6.45) is 8.82. The molecule has 0 aromatic rings. The summed E-state index contributed by atoms with van der Waals surface area (Å²) < 4.78 is 0. The molecule has 0 radical (unpaired) electrons. The minimum atomic E-state index is 0.560. The zero-order valence-corrected chi connectivity index (χ0v) is 13.0. The maximum Gasteiger partial charge on any atom is 0.188 e. The number of rotatable bonds is 7. The Hall–Kier alpha value is -0.770. The van der Waals surface area contributed by atoms with Crippen molar-refractivity contribution in [3.63, 3.8) is 0 Å². The molecule has 0 unspecified atom stereocenters. The van der Waals surface area contributed by atoms with Gasteiger partial charge in [-0.3, -0.25) is 4.99 Å². The number of nitrogens with zero attached hydrogens (tertiary/aromatic N) is 2. The molecular formula is C15H32N4. The fourth-order valence-electron chi connectivity index (χ4n) is 2.43. The van der Waals surface area contributed by atoms with E-state index in [0.717, 1.165) is 19.5 Å². The number of guanidine groups is 1. The highest BCUT2D eigenvalue weighted by Crippen LogP contribution is 2.16. The van der Waals surface area contributed by atoms with E-state index in [-0.39, 0.29) is 0 Å². The molecule has 0 bridgehead atoms. The van der Waals surface area contributed by atoms with Crippen LogP contribution < -0.4 is 11.1 Å². The lowest BCUT2D eigenvalue weighted by Crippen LogP contribution is -2.41. The maximum absolute atomic E-state index is 5.92. The zero-order valence-electron chi connectivity index (χ0n) is 13.0. The van der Waals surface area contributed by atoms with Crippen molar-refractivity contribution in [1.29, 1.82) is 0 Å². The predicted molar refractivity (Wildman–Crippen MR) is 83.5 cm³/mol. The van der Waals surface area contributed by atoms with Gasteiger partial charge in [-0.15, -0.1) is 0 Å². The highest BCUT2D eigenvalue weighted by Gasteiger charge is 2.13. The fourth-order valence-corrected chi connectivity index (χ4v) is 2.43. The maximum atomic E-state index is 5.92. The van der Waals surface area contributed by atoms with Crippen LogP contribution in [-0.4, -0.2) is 43.1 Å². The average Bonchev–Trinajstić information content (AvgIpc) is 2.39. The largest absolute Gasteiger partial charge is 0.370 e. The highest BCUT2D eigenvalue weighted by atomic mass is 15.1. The molecule has 0 heterocycles. The molecule has 1 aliphatic carbocycles. The van der Waals surface area contributed by atoms with Crippen LogP contribution in [0.1, 0.15) is 58.8 Å². The Morgan fingerprint density at radius 2 is 1.95 bits per heavy atom. The van der Waals surface area contributed by atoms with E-state index in [4.69, 9.17) is 5.73 Å². The van der Waals surface area contributed by atoms with E-state index in [2.05, 4.69) is 36.1 Å². The van der Waals surface area contributed by atoms with Crippen molar-refractivity contribution in [3.05, 3.63) is 0 Å². The van der Waals surface area contributed by atoms with E-state index >= 15 is 0 Å². The molecule has 1 rings (SSSR count). The van der Waals surface area contributed by atoms with Gasteiger partial charge in [0.15, 0.2) is 5.96 Å². The van der Waals surface area contributed by atoms with Crippen molar-refractivity contribution >= 4 is 5.96 Å². The van der Waals surface area contributed by atoms with E-state index in [0.29, 0.717) is 18.0 Å². The number of hydrogen-bond acceptors (Lipinski definition) is 2. The summed E-state index contributed by atoms with van der Waals surface area (Å²) in [6.45, 7) is 6.44. The number of nitrogens with one attached hydrogen (secondary N) is 1. The van der Waals surface area contributed by atoms with Gasteiger partial charge < -0.3 is 16.0 Å². The van der Waals surface area contributed by atoms with Crippen LogP contribution in [0.25, 0.3) is 0 Å². The van der Waals surface area contributed by atoms with Crippen molar-refractivity contribution < 1.29 is 0 Å². The van der Waals surface area contributed by atoms with Gasteiger partial charge in [0, 0.05) is 18.6 Å². The quantitative estimate of drug-likeness (QED) is 0.423. The van der Waals surface area contributed by atoms with Crippen molar-refractivity contribution in [2.24, 2.45) is 10.7 Å². The van der Waals surface area contributed by atoms with Crippen molar-refractivity contribution in [1.82, 2.24) is 10.2 Å². The Morgan fingerprint density at radius 3 is 2.58 bits per heavy atom. The van der Waals surface area contributed by atoms with Gasteiger partial charge >= 0.3 is 0 Å². The van der Waals surface area contributed by atoms with E-state index < -0.39 is 0 Å². The molecule has 4 heteroatoms. The first-order valence-corrected chi connectivity index (χ1v) is 7.86. The van der Waals surface area contributed by atoms with Gasteiger partial charge in [0.05, 0.1) is 0 Å². The second kappa shape index (κ2) is 9.18. The molecule has 4 nitrogen and oxygen atoms in total. The summed E-state index contributed by atoms with van der Waals surface area (Å²) in [5.41, 5.74) is 5.92. The molecule has 0 spiro atoms. The Kier molecular flexibility index (Phi) is 7.87. The fraction of sp³-hybridized carbons (Fsp3) is 0.933. The van der Waals surface area contributed by atoms with Gasteiger partial charge in [0.1, 0.15) is 0 Å². The summed E-state index contributed by atoms with van der Waals surface area (Å²) in [4.78, 5) is 6.79. The van der Waals surface area contributed by atoms with Gasteiger partial charge in [-0.2, -0.15) is 0 Å². The summed E-state index contributed by atoms with van der Waals surface area (Å²) in [5.74, 6) is 0.643. The summed E-state index contributed by atoms with van der Waals surface area (Å²) >= 11 is 0. The first-order chi connectivity index (χ1) is 9.09. The molecule has 0 amide bonds. The topological polar surface area (TPSA) is 53.6 Å². The Labute approximate surface area is 118 Å². The minimum absolute atomic E-state index is 0.560. The van der Waals surface area contributed by atoms with Crippen LogP contribution in [0, 0.1) is 0 Å². The summed E-state index contributed by atoms with van der Waals surface area (Å²) in [6, 6.07) is 1.19. The second-order valence-corrected chi connectivity index (χ2v) is 6.03. The van der Waals surface area contributed by atoms with Crippen LogP contribution in [0.4, 0.5) is 0 Å². The van der Waals surface area contributed by atoms with Gasteiger partial charge in [-0.25, -0.2) is 0 Å². The molecule has 1 fully saturated rings. The number of aliphatic imine (C=N–C) groups is 1. The van der Waals surface area contributed by atoms with Crippen molar-refractivity contribution in [2.45, 2.75) is 70.9 Å². The van der Waals surface area contributed by atoms with Crippen molar-refractivity contribution in [2.75, 3.05) is 20.1 Å². The summed E-state index contributed by atoms with van der Waals surface area (Å²) in [7, 11) is 2.17. The lowest BCUT2D eigenvalue weighted by Gasteiger charge is -2.23. The molecule has 0 saturated heterocycles. The van der Waals surface area contributed by atoms with Gasteiger partial charge in [-0.05, 0) is 53.1 Å². The van der Waals surface area contributed by atoms with Crippen LogP contribution >= 0.6 is 0 Å². The molecule has 1 saturated carbocycles. The van der Waals surface area contributed by atoms with Gasteiger partial charge in [-0.1, -0.05) is 19.3 Å².